The van der Waals surface area contributed by atoms with Crippen molar-refractivity contribution in [2.75, 3.05) is 0 Å². The molecule has 78 valence electrons. The topological polar surface area (TPSA) is 66.4 Å². The van der Waals surface area contributed by atoms with Crippen LogP contribution in [0.15, 0.2) is 0 Å². The molecule has 0 heterocycles. The minimum absolute atomic E-state index is 0.153. The highest BCUT2D eigenvalue weighted by Crippen LogP contribution is 2.55. The maximum atomic E-state index is 10.9. The highest BCUT2D eigenvalue weighted by molar-refractivity contribution is 5.82. The molecule has 0 radical (unpaired) electrons. The summed E-state index contributed by atoms with van der Waals surface area (Å²) < 4.78 is 0. The normalized spacial score (nSPS) is 35.9. The van der Waals surface area contributed by atoms with E-state index in [-0.39, 0.29) is 11.8 Å². The van der Waals surface area contributed by atoms with Crippen molar-refractivity contribution in [2.24, 2.45) is 17.8 Å². The van der Waals surface area contributed by atoms with Crippen molar-refractivity contribution in [2.45, 2.75) is 32.2 Å². The molecule has 2 N–H and O–H groups in total. The summed E-state index contributed by atoms with van der Waals surface area (Å²) >= 11 is 0. The number of hydrogen-bond acceptors (Lipinski definition) is 2. The van der Waals surface area contributed by atoms with Gasteiger partial charge in [0, 0.05) is 6.92 Å². The van der Waals surface area contributed by atoms with Gasteiger partial charge in [0.1, 0.15) is 6.04 Å². The molecular weight excluding hydrogens is 182 g/mol. The van der Waals surface area contributed by atoms with Gasteiger partial charge in [0.25, 0.3) is 0 Å². The van der Waals surface area contributed by atoms with E-state index in [2.05, 4.69) is 5.32 Å². The molecule has 4 heteroatoms. The minimum atomic E-state index is -0.897. The number of carboxylic acid groups (broad SMARTS) is 1. The molecule has 2 aliphatic rings. The third-order valence-electron chi connectivity index (χ3n) is 3.38. The molecule has 2 fully saturated rings. The van der Waals surface area contributed by atoms with Gasteiger partial charge < -0.3 is 10.4 Å². The Balaban J connectivity index is 1.96. The molecule has 1 amide bonds. The van der Waals surface area contributed by atoms with Crippen molar-refractivity contribution in [3.63, 3.8) is 0 Å². The van der Waals surface area contributed by atoms with Crippen molar-refractivity contribution < 1.29 is 14.7 Å². The largest absolute Gasteiger partial charge is 0.480 e. The lowest BCUT2D eigenvalue weighted by atomic mass is 9.94. The van der Waals surface area contributed by atoms with Crippen LogP contribution in [-0.2, 0) is 9.59 Å². The highest BCUT2D eigenvalue weighted by Gasteiger charge is 2.49. The maximum Gasteiger partial charge on any atom is 0.326 e. The fourth-order valence-corrected chi connectivity index (χ4v) is 2.63. The van der Waals surface area contributed by atoms with E-state index in [1.165, 1.54) is 13.3 Å². The number of nitrogens with one attached hydrogen (secondary N) is 1. The average Bonchev–Trinajstić information content (AvgIpc) is 2.69. The third kappa shape index (κ3) is 1.74. The standard InChI is InChI=1S/C10H15NO3/c1-5(12)11-9(10(13)14)8-3-6-2-7(6)4-8/h6-9H,2-4H2,1H3,(H,11,12)(H,13,14). The lowest BCUT2D eigenvalue weighted by molar-refractivity contribution is -0.143. The molecule has 0 saturated heterocycles. The van der Waals surface area contributed by atoms with Crippen LogP contribution in [0.25, 0.3) is 0 Å². The van der Waals surface area contributed by atoms with Crippen molar-refractivity contribution in [3.05, 3.63) is 0 Å². The predicted octanol–water partition coefficient (Wildman–Crippen LogP) is 0.622. The van der Waals surface area contributed by atoms with Gasteiger partial charge in [-0.2, -0.15) is 0 Å². The Morgan fingerprint density at radius 1 is 1.29 bits per heavy atom. The van der Waals surface area contributed by atoms with Crippen LogP contribution in [0.5, 0.6) is 0 Å². The Bertz CT molecular complexity index is 267. The zero-order chi connectivity index (χ0) is 10.3. The number of carboxylic acids is 1. The van der Waals surface area contributed by atoms with E-state index in [1.807, 2.05) is 0 Å². The van der Waals surface area contributed by atoms with E-state index in [0.717, 1.165) is 24.7 Å². The maximum absolute atomic E-state index is 10.9. The smallest absolute Gasteiger partial charge is 0.326 e. The zero-order valence-corrected chi connectivity index (χ0v) is 8.19. The number of rotatable bonds is 3. The molecule has 4 nitrogen and oxygen atoms in total. The van der Waals surface area contributed by atoms with Gasteiger partial charge in [-0.3, -0.25) is 4.79 Å². The first-order valence-electron chi connectivity index (χ1n) is 5.08. The second-order valence-corrected chi connectivity index (χ2v) is 4.50. The second kappa shape index (κ2) is 3.26. The molecule has 2 rings (SSSR count). The van der Waals surface area contributed by atoms with Crippen LogP contribution in [0, 0.1) is 17.8 Å². The second-order valence-electron chi connectivity index (χ2n) is 4.50. The van der Waals surface area contributed by atoms with Crippen molar-refractivity contribution >= 4 is 11.9 Å². The molecule has 0 aromatic carbocycles. The van der Waals surface area contributed by atoms with Gasteiger partial charge in [0.2, 0.25) is 5.91 Å². The number of amides is 1. The first-order valence-corrected chi connectivity index (χ1v) is 5.08. The Morgan fingerprint density at radius 2 is 1.86 bits per heavy atom. The van der Waals surface area contributed by atoms with E-state index in [1.54, 1.807) is 0 Å². The van der Waals surface area contributed by atoms with Gasteiger partial charge >= 0.3 is 5.97 Å². The first-order chi connectivity index (χ1) is 6.58. The summed E-state index contributed by atoms with van der Waals surface area (Å²) in [7, 11) is 0. The van der Waals surface area contributed by atoms with Gasteiger partial charge in [-0.25, -0.2) is 4.79 Å². The molecule has 0 aliphatic heterocycles. The number of hydrogen-bond donors (Lipinski definition) is 2. The van der Waals surface area contributed by atoms with Crippen LogP contribution in [0.4, 0.5) is 0 Å². The van der Waals surface area contributed by atoms with Crippen molar-refractivity contribution in [1.29, 1.82) is 0 Å². The van der Waals surface area contributed by atoms with E-state index in [4.69, 9.17) is 5.11 Å². The van der Waals surface area contributed by atoms with E-state index in [9.17, 15) is 9.59 Å². The van der Waals surface area contributed by atoms with Gasteiger partial charge in [0.15, 0.2) is 0 Å². The molecule has 0 aromatic rings. The van der Waals surface area contributed by atoms with Crippen LogP contribution < -0.4 is 5.32 Å². The Hall–Kier alpha value is -1.06. The van der Waals surface area contributed by atoms with Crippen molar-refractivity contribution in [1.82, 2.24) is 5.32 Å². The molecular formula is C10H15NO3. The van der Waals surface area contributed by atoms with E-state index >= 15 is 0 Å². The number of carbonyl (C=O) groups excluding carboxylic acids is 1. The summed E-state index contributed by atoms with van der Waals surface area (Å²) in [5.74, 6) is 0.496. The summed E-state index contributed by atoms with van der Waals surface area (Å²) in [6.45, 7) is 1.37. The summed E-state index contributed by atoms with van der Waals surface area (Å²) in [6, 6.07) is -0.666. The molecule has 0 spiro atoms. The molecule has 0 aromatic heterocycles. The van der Waals surface area contributed by atoms with Gasteiger partial charge in [-0.05, 0) is 37.0 Å². The lowest BCUT2D eigenvalue weighted by Gasteiger charge is -2.21. The quantitative estimate of drug-likeness (QED) is 0.697. The molecule has 0 bridgehead atoms. The molecule has 14 heavy (non-hydrogen) atoms. The Kier molecular flexibility index (Phi) is 2.21. The van der Waals surface area contributed by atoms with E-state index in [0.29, 0.717) is 0 Å². The van der Waals surface area contributed by atoms with E-state index < -0.39 is 12.0 Å². The third-order valence-corrected chi connectivity index (χ3v) is 3.38. The molecule has 2 saturated carbocycles. The minimum Gasteiger partial charge on any atom is -0.480 e. The lowest BCUT2D eigenvalue weighted by Crippen LogP contribution is -2.44. The van der Waals surface area contributed by atoms with Gasteiger partial charge in [0.05, 0.1) is 0 Å². The fraction of sp³-hybridized carbons (Fsp3) is 0.800. The van der Waals surface area contributed by atoms with Gasteiger partial charge in [-0.1, -0.05) is 0 Å². The monoisotopic (exact) mass is 197 g/mol. The first kappa shape index (κ1) is 9.49. The summed E-state index contributed by atoms with van der Waals surface area (Å²) in [5, 5.41) is 11.5. The highest BCUT2D eigenvalue weighted by atomic mass is 16.4. The van der Waals surface area contributed by atoms with Crippen LogP contribution in [0.2, 0.25) is 0 Å². The Labute approximate surface area is 82.7 Å². The number of carbonyl (C=O) groups is 2. The molecule has 3 unspecified atom stereocenters. The van der Waals surface area contributed by atoms with Crippen LogP contribution in [-0.4, -0.2) is 23.0 Å². The SMILES string of the molecule is CC(=O)NC(C(=O)O)C1CC2CC2C1. The number of fused-ring (bicyclic) bond motifs is 1. The van der Waals surface area contributed by atoms with Gasteiger partial charge in [-0.15, -0.1) is 0 Å². The molecule has 3 atom stereocenters. The zero-order valence-electron chi connectivity index (χ0n) is 8.19. The average molecular weight is 197 g/mol. The molecule has 2 aliphatic carbocycles. The summed E-state index contributed by atoms with van der Waals surface area (Å²) in [4.78, 5) is 21.8. The number of aliphatic carboxylic acids is 1. The Morgan fingerprint density at radius 3 is 2.29 bits per heavy atom. The summed E-state index contributed by atoms with van der Waals surface area (Å²) in [5.41, 5.74) is 0. The fourth-order valence-electron chi connectivity index (χ4n) is 2.63. The van der Waals surface area contributed by atoms with Crippen LogP contribution in [0.1, 0.15) is 26.2 Å². The van der Waals surface area contributed by atoms with Crippen LogP contribution in [0.3, 0.4) is 0 Å². The summed E-state index contributed by atoms with van der Waals surface area (Å²) in [6.07, 6.45) is 3.22. The predicted molar refractivity (Wildman–Crippen MR) is 49.6 cm³/mol. The van der Waals surface area contributed by atoms with Crippen LogP contribution >= 0.6 is 0 Å². The van der Waals surface area contributed by atoms with Crippen molar-refractivity contribution in [3.8, 4) is 0 Å².